The van der Waals surface area contributed by atoms with E-state index in [4.69, 9.17) is 4.74 Å². The van der Waals surface area contributed by atoms with Crippen LogP contribution in [0.15, 0.2) is 34.8 Å². The van der Waals surface area contributed by atoms with Gasteiger partial charge in [-0.1, -0.05) is 28.1 Å². The van der Waals surface area contributed by atoms with E-state index >= 15 is 0 Å². The molecule has 2 unspecified atom stereocenters. The summed E-state index contributed by atoms with van der Waals surface area (Å²) in [5.74, 6) is -1.32. The van der Waals surface area contributed by atoms with Gasteiger partial charge in [-0.3, -0.25) is 4.79 Å². The molecule has 0 bridgehead atoms. The zero-order chi connectivity index (χ0) is 15.4. The zero-order valence-corrected chi connectivity index (χ0v) is 13.1. The second-order valence-corrected chi connectivity index (χ2v) is 5.74. The zero-order valence-electron chi connectivity index (χ0n) is 11.5. The highest BCUT2D eigenvalue weighted by atomic mass is 79.9. The van der Waals surface area contributed by atoms with Crippen molar-refractivity contribution in [3.63, 3.8) is 0 Å². The van der Waals surface area contributed by atoms with Crippen LogP contribution in [-0.4, -0.2) is 47.7 Å². The van der Waals surface area contributed by atoms with Crippen molar-refractivity contribution in [3.8, 4) is 0 Å². The Bertz CT molecular complexity index is 573. The van der Waals surface area contributed by atoms with Crippen molar-refractivity contribution in [3.05, 3.63) is 40.4 Å². The molecule has 1 heterocycles. The molecule has 0 radical (unpaired) electrons. The first kappa shape index (κ1) is 15.7. The molecule has 2 atom stereocenters. The van der Waals surface area contributed by atoms with Gasteiger partial charge in [-0.25, -0.2) is 4.79 Å². The first-order valence-electron chi connectivity index (χ1n) is 6.51. The number of hydrogen-bond acceptors (Lipinski definition) is 3. The minimum Gasteiger partial charge on any atom is -0.480 e. The van der Waals surface area contributed by atoms with E-state index in [2.05, 4.69) is 15.9 Å². The lowest BCUT2D eigenvalue weighted by Gasteiger charge is -2.19. The van der Waals surface area contributed by atoms with Crippen LogP contribution in [0.5, 0.6) is 0 Å². The van der Waals surface area contributed by atoms with Gasteiger partial charge in [0.1, 0.15) is 6.04 Å². The number of nitrogens with zero attached hydrogens (tertiary/aromatic N) is 1. The van der Waals surface area contributed by atoms with Crippen LogP contribution < -0.4 is 0 Å². The van der Waals surface area contributed by atoms with Crippen LogP contribution in [0.4, 0.5) is 0 Å². The molecule has 1 saturated heterocycles. The van der Waals surface area contributed by atoms with Gasteiger partial charge >= 0.3 is 5.97 Å². The molecule has 0 aliphatic carbocycles. The summed E-state index contributed by atoms with van der Waals surface area (Å²) in [6.07, 6.45) is 3.17. The van der Waals surface area contributed by atoms with Crippen molar-refractivity contribution in [1.82, 2.24) is 4.90 Å². The Morgan fingerprint density at radius 2 is 2.24 bits per heavy atom. The number of carbonyl (C=O) groups is 2. The highest BCUT2D eigenvalue weighted by molar-refractivity contribution is 9.10. The standard InChI is InChI=1S/C15H16BrNO4/c1-21-12-8-13(15(19)20)17(9-12)14(18)6-5-10-3-2-4-11(16)7-10/h2-7,12-13H,8-9H2,1H3,(H,19,20)/b6-5+. The van der Waals surface area contributed by atoms with Crippen molar-refractivity contribution in [2.75, 3.05) is 13.7 Å². The maximum Gasteiger partial charge on any atom is 0.326 e. The molecule has 0 saturated carbocycles. The summed E-state index contributed by atoms with van der Waals surface area (Å²) in [5.41, 5.74) is 0.868. The maximum absolute atomic E-state index is 12.2. The van der Waals surface area contributed by atoms with Gasteiger partial charge in [0, 0.05) is 30.6 Å². The number of amides is 1. The third-order valence-corrected chi connectivity index (χ3v) is 3.92. The lowest BCUT2D eigenvalue weighted by molar-refractivity contribution is -0.146. The first-order chi connectivity index (χ1) is 10.0. The number of halogens is 1. The molecule has 0 spiro atoms. The van der Waals surface area contributed by atoms with E-state index in [-0.39, 0.29) is 12.0 Å². The molecule has 1 amide bonds. The van der Waals surface area contributed by atoms with Crippen molar-refractivity contribution in [2.24, 2.45) is 0 Å². The Morgan fingerprint density at radius 1 is 1.48 bits per heavy atom. The second-order valence-electron chi connectivity index (χ2n) is 4.83. The van der Waals surface area contributed by atoms with E-state index in [1.165, 1.54) is 18.1 Å². The number of rotatable bonds is 4. The van der Waals surface area contributed by atoms with Gasteiger partial charge in [0.25, 0.3) is 0 Å². The lowest BCUT2D eigenvalue weighted by atomic mass is 10.2. The van der Waals surface area contributed by atoms with E-state index < -0.39 is 12.0 Å². The SMILES string of the molecule is COC1CC(C(=O)O)N(C(=O)/C=C/c2cccc(Br)c2)C1. The molecular formula is C15H16BrNO4. The molecule has 1 N–H and O–H groups in total. The average Bonchev–Trinajstić information content (AvgIpc) is 2.89. The van der Waals surface area contributed by atoms with Crippen molar-refractivity contribution in [2.45, 2.75) is 18.6 Å². The van der Waals surface area contributed by atoms with Gasteiger partial charge < -0.3 is 14.7 Å². The summed E-state index contributed by atoms with van der Waals surface area (Å²) in [6.45, 7) is 0.301. The van der Waals surface area contributed by atoms with Crippen molar-refractivity contribution < 1.29 is 19.4 Å². The summed E-state index contributed by atoms with van der Waals surface area (Å²) < 4.78 is 6.08. The Hall–Kier alpha value is -1.66. The third kappa shape index (κ3) is 3.92. The number of benzene rings is 1. The highest BCUT2D eigenvalue weighted by Crippen LogP contribution is 2.21. The topological polar surface area (TPSA) is 66.8 Å². The van der Waals surface area contributed by atoms with Crippen molar-refractivity contribution >= 4 is 33.9 Å². The average molecular weight is 354 g/mol. The van der Waals surface area contributed by atoms with Crippen LogP contribution in [-0.2, 0) is 14.3 Å². The molecule has 6 heteroatoms. The molecule has 5 nitrogen and oxygen atoms in total. The Balaban J connectivity index is 2.10. The number of methoxy groups -OCH3 is 1. The van der Waals surface area contributed by atoms with E-state index in [1.54, 1.807) is 6.08 Å². The van der Waals surface area contributed by atoms with Crippen LogP contribution in [0.2, 0.25) is 0 Å². The molecule has 1 aromatic carbocycles. The summed E-state index contributed by atoms with van der Waals surface area (Å²) in [7, 11) is 1.52. The largest absolute Gasteiger partial charge is 0.480 e. The maximum atomic E-state index is 12.2. The Kier molecular flexibility index (Phi) is 5.14. The number of likely N-dealkylation sites (tertiary alicyclic amines) is 1. The normalized spacial score (nSPS) is 21.9. The van der Waals surface area contributed by atoms with E-state index in [1.807, 2.05) is 24.3 Å². The molecule has 1 fully saturated rings. The minimum absolute atomic E-state index is 0.227. The summed E-state index contributed by atoms with van der Waals surface area (Å²) in [6, 6.07) is 6.68. The second kappa shape index (κ2) is 6.87. The number of carboxylic acid groups (broad SMARTS) is 1. The van der Waals surface area contributed by atoms with Crippen LogP contribution in [0.1, 0.15) is 12.0 Å². The molecule has 2 rings (SSSR count). The first-order valence-corrected chi connectivity index (χ1v) is 7.30. The van der Waals surface area contributed by atoms with Crippen LogP contribution >= 0.6 is 15.9 Å². The number of ether oxygens (including phenoxy) is 1. The molecular weight excluding hydrogens is 338 g/mol. The van der Waals surface area contributed by atoms with Crippen LogP contribution in [0, 0.1) is 0 Å². The number of hydrogen-bond donors (Lipinski definition) is 1. The van der Waals surface area contributed by atoms with Gasteiger partial charge in [0.05, 0.1) is 6.10 Å². The number of carboxylic acids is 1. The third-order valence-electron chi connectivity index (χ3n) is 3.43. The van der Waals surface area contributed by atoms with E-state index in [0.717, 1.165) is 10.0 Å². The van der Waals surface area contributed by atoms with Crippen molar-refractivity contribution in [1.29, 1.82) is 0 Å². The van der Waals surface area contributed by atoms with Gasteiger partial charge in [0.15, 0.2) is 0 Å². The number of carbonyl (C=O) groups excluding carboxylic acids is 1. The molecule has 112 valence electrons. The molecule has 1 aromatic rings. The van der Waals surface area contributed by atoms with E-state index in [0.29, 0.717) is 13.0 Å². The fraction of sp³-hybridized carbons (Fsp3) is 0.333. The van der Waals surface area contributed by atoms with Crippen LogP contribution in [0.25, 0.3) is 6.08 Å². The highest BCUT2D eigenvalue weighted by Gasteiger charge is 2.38. The molecule has 21 heavy (non-hydrogen) atoms. The predicted molar refractivity (Wildman–Crippen MR) is 81.7 cm³/mol. The predicted octanol–water partition coefficient (Wildman–Crippen LogP) is 2.16. The smallest absolute Gasteiger partial charge is 0.326 e. The summed E-state index contributed by atoms with van der Waals surface area (Å²) in [4.78, 5) is 24.7. The Morgan fingerprint density at radius 3 is 2.86 bits per heavy atom. The molecule has 1 aliphatic rings. The van der Waals surface area contributed by atoms with Gasteiger partial charge in [-0.15, -0.1) is 0 Å². The molecule has 0 aromatic heterocycles. The Labute approximate surface area is 131 Å². The van der Waals surface area contributed by atoms with Crippen LogP contribution in [0.3, 0.4) is 0 Å². The quantitative estimate of drug-likeness (QED) is 0.842. The summed E-state index contributed by atoms with van der Waals surface area (Å²) >= 11 is 3.36. The van der Waals surface area contributed by atoms with Gasteiger partial charge in [-0.05, 0) is 23.8 Å². The van der Waals surface area contributed by atoms with E-state index in [9.17, 15) is 14.7 Å². The fourth-order valence-corrected chi connectivity index (χ4v) is 2.74. The van der Waals surface area contributed by atoms with Gasteiger partial charge in [0.2, 0.25) is 5.91 Å². The van der Waals surface area contributed by atoms with Gasteiger partial charge in [-0.2, -0.15) is 0 Å². The minimum atomic E-state index is -1.00. The summed E-state index contributed by atoms with van der Waals surface area (Å²) in [5, 5.41) is 9.19. The number of aliphatic carboxylic acids is 1. The molecule has 1 aliphatic heterocycles. The lowest BCUT2D eigenvalue weighted by Crippen LogP contribution is -2.39. The monoisotopic (exact) mass is 353 g/mol. The fourth-order valence-electron chi connectivity index (χ4n) is 2.32.